The van der Waals surface area contributed by atoms with Gasteiger partial charge in [0.1, 0.15) is 5.75 Å². The molecule has 0 amide bonds. The Hall–Kier alpha value is -1.82. The normalized spacial score (nSPS) is 11.4. The zero-order valence-electron chi connectivity index (χ0n) is 13.4. The number of benzene rings is 2. The standard InChI is InChI=1S/C17H15Cl2N3OS/c1-10-7-14(20-9-22(2)3)12(19)8-15(10)23-17-16-11(18)5-4-6-13(16)21-24-17/h4-9H,1-3H3. The Morgan fingerprint density at radius 1 is 1.21 bits per heavy atom. The number of rotatable bonds is 4. The molecule has 0 bridgehead atoms. The van der Waals surface area contributed by atoms with Crippen molar-refractivity contribution in [1.82, 2.24) is 9.27 Å². The van der Waals surface area contributed by atoms with Gasteiger partial charge in [-0.05, 0) is 30.7 Å². The zero-order chi connectivity index (χ0) is 17.3. The number of aromatic nitrogens is 1. The molecule has 3 rings (SSSR count). The maximum Gasteiger partial charge on any atom is 0.209 e. The Labute approximate surface area is 154 Å². The molecule has 0 radical (unpaired) electrons. The molecule has 0 aliphatic heterocycles. The first kappa shape index (κ1) is 17.0. The van der Waals surface area contributed by atoms with Crippen LogP contribution in [0.4, 0.5) is 5.69 Å². The summed E-state index contributed by atoms with van der Waals surface area (Å²) in [6.07, 6.45) is 1.71. The van der Waals surface area contributed by atoms with Crippen LogP contribution in [0.25, 0.3) is 10.9 Å². The van der Waals surface area contributed by atoms with Gasteiger partial charge in [0.2, 0.25) is 5.06 Å². The molecule has 3 aromatic rings. The van der Waals surface area contributed by atoms with Gasteiger partial charge in [-0.3, -0.25) is 0 Å². The summed E-state index contributed by atoms with van der Waals surface area (Å²) in [4.78, 5) is 6.20. The van der Waals surface area contributed by atoms with E-state index in [2.05, 4.69) is 9.37 Å². The fourth-order valence-electron chi connectivity index (χ4n) is 2.13. The summed E-state index contributed by atoms with van der Waals surface area (Å²) >= 11 is 13.9. The lowest BCUT2D eigenvalue weighted by molar-refractivity contribution is 0.497. The highest BCUT2D eigenvalue weighted by molar-refractivity contribution is 7.09. The minimum absolute atomic E-state index is 0.522. The summed E-state index contributed by atoms with van der Waals surface area (Å²) in [5, 5.41) is 2.61. The number of fused-ring (bicyclic) bond motifs is 1. The monoisotopic (exact) mass is 379 g/mol. The van der Waals surface area contributed by atoms with E-state index in [0.29, 0.717) is 26.5 Å². The fourth-order valence-corrected chi connectivity index (χ4v) is 3.41. The van der Waals surface area contributed by atoms with Crippen LogP contribution in [0.1, 0.15) is 5.56 Å². The number of aliphatic imine (C=N–C) groups is 1. The Morgan fingerprint density at radius 2 is 2.00 bits per heavy atom. The van der Waals surface area contributed by atoms with E-state index in [1.54, 1.807) is 12.4 Å². The molecule has 2 aromatic carbocycles. The molecule has 1 aromatic heterocycles. The van der Waals surface area contributed by atoms with Gasteiger partial charge >= 0.3 is 0 Å². The van der Waals surface area contributed by atoms with Crippen molar-refractivity contribution < 1.29 is 4.74 Å². The molecule has 124 valence electrons. The smallest absolute Gasteiger partial charge is 0.209 e. The molecular formula is C17H15Cl2N3OS. The largest absolute Gasteiger partial charge is 0.444 e. The Bertz CT molecular complexity index is 922. The number of aryl methyl sites for hydroxylation is 1. The molecule has 1 heterocycles. The SMILES string of the molecule is Cc1cc(N=CN(C)C)c(Cl)cc1Oc1snc2cccc(Cl)c12. The van der Waals surface area contributed by atoms with E-state index >= 15 is 0 Å². The van der Waals surface area contributed by atoms with Crippen LogP contribution >= 0.6 is 34.7 Å². The van der Waals surface area contributed by atoms with E-state index < -0.39 is 0 Å². The molecule has 7 heteroatoms. The van der Waals surface area contributed by atoms with E-state index in [1.165, 1.54) is 11.5 Å². The summed E-state index contributed by atoms with van der Waals surface area (Å²) in [7, 11) is 3.81. The van der Waals surface area contributed by atoms with Crippen LogP contribution in [0.15, 0.2) is 35.3 Å². The van der Waals surface area contributed by atoms with Gasteiger partial charge in [0, 0.05) is 31.7 Å². The van der Waals surface area contributed by atoms with Gasteiger partial charge in [-0.25, -0.2) is 4.99 Å². The Balaban J connectivity index is 1.97. The van der Waals surface area contributed by atoms with Crippen LogP contribution in [0, 0.1) is 6.92 Å². The maximum atomic E-state index is 6.32. The number of hydrogen-bond acceptors (Lipinski definition) is 4. The van der Waals surface area contributed by atoms with Crippen LogP contribution in [0.5, 0.6) is 10.8 Å². The molecule has 0 spiro atoms. The molecule has 0 aliphatic rings. The van der Waals surface area contributed by atoms with E-state index in [-0.39, 0.29) is 0 Å². The van der Waals surface area contributed by atoms with Crippen LogP contribution in [0.2, 0.25) is 10.0 Å². The van der Waals surface area contributed by atoms with Gasteiger partial charge in [0.25, 0.3) is 0 Å². The molecule has 24 heavy (non-hydrogen) atoms. The highest BCUT2D eigenvalue weighted by Crippen LogP contribution is 2.41. The predicted molar refractivity (Wildman–Crippen MR) is 103 cm³/mol. The molecule has 0 aliphatic carbocycles. The summed E-state index contributed by atoms with van der Waals surface area (Å²) in [5.74, 6) is 0.661. The Morgan fingerprint density at radius 3 is 2.75 bits per heavy atom. The van der Waals surface area contributed by atoms with Crippen molar-refractivity contribution in [2.45, 2.75) is 6.92 Å². The van der Waals surface area contributed by atoms with Crippen molar-refractivity contribution in [3.8, 4) is 10.8 Å². The van der Waals surface area contributed by atoms with Crippen molar-refractivity contribution in [1.29, 1.82) is 0 Å². The van der Waals surface area contributed by atoms with Gasteiger partial charge in [-0.2, -0.15) is 4.37 Å². The van der Waals surface area contributed by atoms with Crippen molar-refractivity contribution in [3.63, 3.8) is 0 Å². The van der Waals surface area contributed by atoms with Gasteiger partial charge in [-0.1, -0.05) is 29.3 Å². The highest BCUT2D eigenvalue weighted by atomic mass is 35.5. The van der Waals surface area contributed by atoms with Gasteiger partial charge in [0.05, 0.1) is 33.0 Å². The van der Waals surface area contributed by atoms with E-state index in [4.69, 9.17) is 27.9 Å². The van der Waals surface area contributed by atoms with Crippen molar-refractivity contribution in [3.05, 3.63) is 45.9 Å². The second kappa shape index (κ2) is 6.97. The van der Waals surface area contributed by atoms with E-state index in [9.17, 15) is 0 Å². The summed E-state index contributed by atoms with van der Waals surface area (Å²) in [5.41, 5.74) is 2.44. The molecule has 0 unspecified atom stereocenters. The van der Waals surface area contributed by atoms with Crippen LogP contribution in [0.3, 0.4) is 0 Å². The minimum Gasteiger partial charge on any atom is -0.444 e. The molecule has 0 saturated heterocycles. The summed E-state index contributed by atoms with van der Waals surface area (Å²) < 4.78 is 10.4. The average molecular weight is 380 g/mol. The fraction of sp³-hybridized carbons (Fsp3) is 0.176. The molecule has 0 N–H and O–H groups in total. The molecule has 0 saturated carbocycles. The maximum absolute atomic E-state index is 6.32. The first-order valence-corrected chi connectivity index (χ1v) is 8.71. The minimum atomic E-state index is 0.522. The van der Waals surface area contributed by atoms with Gasteiger partial charge in [-0.15, -0.1) is 0 Å². The summed E-state index contributed by atoms with van der Waals surface area (Å²) in [6, 6.07) is 9.26. The van der Waals surface area contributed by atoms with Gasteiger partial charge < -0.3 is 9.64 Å². The lowest BCUT2D eigenvalue weighted by Gasteiger charge is -2.10. The second-order valence-electron chi connectivity index (χ2n) is 5.48. The van der Waals surface area contributed by atoms with Crippen molar-refractivity contribution in [2.24, 2.45) is 4.99 Å². The van der Waals surface area contributed by atoms with Gasteiger partial charge in [0.15, 0.2) is 0 Å². The zero-order valence-corrected chi connectivity index (χ0v) is 15.7. The highest BCUT2D eigenvalue weighted by Gasteiger charge is 2.14. The summed E-state index contributed by atoms with van der Waals surface area (Å²) in [6.45, 7) is 1.95. The first-order valence-electron chi connectivity index (χ1n) is 7.18. The first-order chi connectivity index (χ1) is 11.5. The molecule has 0 fully saturated rings. The molecule has 0 atom stereocenters. The van der Waals surface area contributed by atoms with Crippen LogP contribution in [-0.4, -0.2) is 29.7 Å². The third kappa shape index (κ3) is 3.48. The number of nitrogens with zero attached hydrogens (tertiary/aromatic N) is 3. The van der Waals surface area contributed by atoms with Crippen LogP contribution < -0.4 is 4.74 Å². The third-order valence-corrected chi connectivity index (χ3v) is 4.66. The van der Waals surface area contributed by atoms with Crippen LogP contribution in [-0.2, 0) is 0 Å². The van der Waals surface area contributed by atoms with Crippen molar-refractivity contribution in [2.75, 3.05) is 14.1 Å². The number of ether oxygens (including phenoxy) is 1. The van der Waals surface area contributed by atoms with Crippen molar-refractivity contribution >= 4 is 57.7 Å². The lowest BCUT2D eigenvalue weighted by Crippen LogP contribution is -2.07. The Kier molecular flexibility index (Phi) is 4.94. The second-order valence-corrected chi connectivity index (χ2v) is 7.03. The molecule has 4 nitrogen and oxygen atoms in total. The lowest BCUT2D eigenvalue weighted by atomic mass is 10.2. The number of halogens is 2. The topological polar surface area (TPSA) is 37.7 Å². The average Bonchev–Trinajstić information content (AvgIpc) is 2.93. The quantitative estimate of drug-likeness (QED) is 0.416. The van der Waals surface area contributed by atoms with E-state index in [0.717, 1.165) is 16.5 Å². The molecular weight excluding hydrogens is 365 g/mol. The number of hydrogen-bond donors (Lipinski definition) is 0. The predicted octanol–water partition coefficient (Wildman–Crippen LogP) is 5.93. The third-order valence-electron chi connectivity index (χ3n) is 3.30. The van der Waals surface area contributed by atoms with E-state index in [1.807, 2.05) is 50.2 Å².